The number of carbonyl (C=O) groups excluding carboxylic acids is 3. The molecular formula is C37H42N8O8. The van der Waals surface area contributed by atoms with Gasteiger partial charge in [0, 0.05) is 55.3 Å². The maximum atomic E-state index is 13.4. The summed E-state index contributed by atoms with van der Waals surface area (Å²) in [4.78, 5) is 69.6. The van der Waals surface area contributed by atoms with Gasteiger partial charge in [0.15, 0.2) is 0 Å². The zero-order chi connectivity index (χ0) is 38.5. The average molecular weight is 727 g/mol. The molecule has 0 radical (unpaired) electrons. The van der Waals surface area contributed by atoms with E-state index in [0.717, 1.165) is 11.1 Å². The lowest BCUT2D eigenvalue weighted by Crippen LogP contribution is -2.41. The van der Waals surface area contributed by atoms with E-state index in [0.29, 0.717) is 64.2 Å². The molecule has 0 unspecified atom stereocenters. The number of hydrogen-bond donors (Lipinski definition) is 3. The maximum absolute atomic E-state index is 13.4. The van der Waals surface area contributed by atoms with Crippen molar-refractivity contribution in [2.45, 2.75) is 72.3 Å². The fraction of sp³-hybridized carbons (Fsp3) is 0.351. The van der Waals surface area contributed by atoms with Crippen LogP contribution in [-0.2, 0) is 29.0 Å². The molecule has 3 aromatic heterocycles. The Morgan fingerprint density at radius 1 is 0.906 bits per heavy atom. The minimum absolute atomic E-state index is 0.174. The number of rotatable bonds is 9. The number of nitrogens with one attached hydrogen (secondary N) is 2. The standard InChI is InChI=1S/C37H42N8O8/c1-36(2,3)52-34(49)44(7)21-24-12-9-15-38-29(24)43-31(46)23-11-8-10-22(18-23)19-40-30-25-14-17-51-28(25)26(20-41-30)27-13-16-39-32(42-27)45(33(47)48)35(50)53-37(4,5)6/h8-13,15-16,18,20H,14,17,19,21H2,1-7H3,(H,40,41)(H,47,48)(H,38,43,46). The van der Waals surface area contributed by atoms with Gasteiger partial charge in [-0.2, -0.15) is 0 Å². The minimum atomic E-state index is -1.60. The Hall–Kier alpha value is -6.32. The number of aromatic nitrogens is 4. The molecule has 1 aromatic carbocycles. The zero-order valence-corrected chi connectivity index (χ0v) is 30.6. The molecule has 53 heavy (non-hydrogen) atoms. The van der Waals surface area contributed by atoms with Crippen LogP contribution in [0.25, 0.3) is 11.3 Å². The van der Waals surface area contributed by atoms with Gasteiger partial charge < -0.3 is 34.9 Å². The number of carboxylic acid groups (broad SMARTS) is 1. The monoisotopic (exact) mass is 726 g/mol. The van der Waals surface area contributed by atoms with Crippen molar-refractivity contribution in [3.8, 4) is 17.0 Å². The molecule has 278 valence electrons. The SMILES string of the molecule is CN(Cc1cccnc1NC(=O)c1cccc(CNc2ncc(-c3ccnc(N(C(=O)O)C(=O)OC(C)(C)C)n3)c3c2CCO3)c1)C(=O)OC(C)(C)C. The van der Waals surface area contributed by atoms with Crippen molar-refractivity contribution in [2.75, 3.05) is 29.2 Å². The van der Waals surface area contributed by atoms with Crippen LogP contribution in [0.15, 0.2) is 61.1 Å². The molecule has 0 aliphatic carbocycles. The molecule has 0 bridgehead atoms. The first-order valence-corrected chi connectivity index (χ1v) is 16.8. The van der Waals surface area contributed by atoms with Gasteiger partial charge >= 0.3 is 18.3 Å². The van der Waals surface area contributed by atoms with E-state index in [2.05, 4.69) is 30.6 Å². The first-order chi connectivity index (χ1) is 25.0. The summed E-state index contributed by atoms with van der Waals surface area (Å²) in [5.74, 6) is 0.657. The fourth-order valence-electron chi connectivity index (χ4n) is 5.21. The highest BCUT2D eigenvalue weighted by molar-refractivity contribution is 6.07. The van der Waals surface area contributed by atoms with Crippen LogP contribution in [-0.4, -0.2) is 79.0 Å². The Labute approximate surface area is 306 Å². The summed E-state index contributed by atoms with van der Waals surface area (Å²) in [6.07, 6.45) is 1.77. The van der Waals surface area contributed by atoms with Gasteiger partial charge in [-0.05, 0) is 71.4 Å². The van der Waals surface area contributed by atoms with Gasteiger partial charge in [-0.25, -0.2) is 34.3 Å². The Kier molecular flexibility index (Phi) is 11.1. The molecular weight excluding hydrogens is 684 g/mol. The summed E-state index contributed by atoms with van der Waals surface area (Å²) in [6.45, 7) is 11.1. The van der Waals surface area contributed by atoms with Crippen LogP contribution < -0.4 is 20.3 Å². The summed E-state index contributed by atoms with van der Waals surface area (Å²) >= 11 is 0. The predicted molar refractivity (Wildman–Crippen MR) is 195 cm³/mol. The first kappa shape index (κ1) is 37.9. The van der Waals surface area contributed by atoms with Crippen molar-refractivity contribution >= 4 is 41.8 Å². The van der Waals surface area contributed by atoms with Gasteiger partial charge in [0.25, 0.3) is 5.91 Å². The summed E-state index contributed by atoms with van der Waals surface area (Å²) in [5, 5.41) is 15.9. The molecule has 0 saturated heterocycles. The van der Waals surface area contributed by atoms with E-state index in [-0.39, 0.29) is 18.4 Å². The van der Waals surface area contributed by atoms with E-state index < -0.39 is 29.5 Å². The topological polar surface area (TPSA) is 198 Å². The molecule has 0 fully saturated rings. The summed E-state index contributed by atoms with van der Waals surface area (Å²) in [7, 11) is 1.61. The molecule has 16 heteroatoms. The van der Waals surface area contributed by atoms with Gasteiger partial charge in [-0.15, -0.1) is 4.90 Å². The summed E-state index contributed by atoms with van der Waals surface area (Å²) in [5.41, 5.74) is 1.84. The summed E-state index contributed by atoms with van der Waals surface area (Å²) < 4.78 is 16.6. The molecule has 1 aliphatic rings. The Morgan fingerprint density at radius 2 is 1.64 bits per heavy atom. The van der Waals surface area contributed by atoms with Crippen LogP contribution in [0.4, 0.5) is 32.0 Å². The predicted octanol–water partition coefficient (Wildman–Crippen LogP) is 6.52. The number of pyridine rings is 2. The van der Waals surface area contributed by atoms with Crippen molar-refractivity contribution in [1.29, 1.82) is 0 Å². The van der Waals surface area contributed by atoms with Crippen molar-refractivity contribution in [1.82, 2.24) is 24.8 Å². The van der Waals surface area contributed by atoms with Crippen molar-refractivity contribution in [3.63, 3.8) is 0 Å². The number of benzene rings is 1. The molecule has 4 aromatic rings. The Morgan fingerprint density at radius 3 is 2.36 bits per heavy atom. The molecule has 4 amide bonds. The van der Waals surface area contributed by atoms with Crippen molar-refractivity contribution in [2.24, 2.45) is 0 Å². The van der Waals surface area contributed by atoms with Gasteiger partial charge in [0.2, 0.25) is 5.95 Å². The largest absolute Gasteiger partial charge is 0.492 e. The van der Waals surface area contributed by atoms with Crippen molar-refractivity contribution < 1.29 is 38.5 Å². The number of nitrogens with zero attached hydrogens (tertiary/aromatic N) is 6. The van der Waals surface area contributed by atoms with E-state index in [1.165, 1.54) is 11.1 Å². The highest BCUT2D eigenvalue weighted by Gasteiger charge is 2.32. The van der Waals surface area contributed by atoms with E-state index in [9.17, 15) is 24.3 Å². The van der Waals surface area contributed by atoms with Crippen molar-refractivity contribution in [3.05, 3.63) is 83.3 Å². The number of ether oxygens (including phenoxy) is 3. The number of anilines is 3. The first-order valence-electron chi connectivity index (χ1n) is 16.8. The van der Waals surface area contributed by atoms with Crippen LogP contribution in [0.5, 0.6) is 5.75 Å². The number of fused-ring (bicyclic) bond motifs is 1. The third-order valence-electron chi connectivity index (χ3n) is 7.50. The smallest absolute Gasteiger partial charge is 0.427 e. The van der Waals surface area contributed by atoms with Gasteiger partial charge in [-0.1, -0.05) is 18.2 Å². The van der Waals surface area contributed by atoms with E-state index in [1.807, 2.05) is 6.07 Å². The highest BCUT2D eigenvalue weighted by atomic mass is 16.6. The average Bonchev–Trinajstić information content (AvgIpc) is 3.57. The number of imide groups is 1. The molecule has 1 aliphatic heterocycles. The molecule has 3 N–H and O–H groups in total. The van der Waals surface area contributed by atoms with Gasteiger partial charge in [-0.3, -0.25) is 4.79 Å². The molecule has 0 spiro atoms. The number of hydrogen-bond acceptors (Lipinski definition) is 12. The lowest BCUT2D eigenvalue weighted by atomic mass is 10.1. The highest BCUT2D eigenvalue weighted by Crippen LogP contribution is 2.39. The van der Waals surface area contributed by atoms with Crippen LogP contribution in [0.3, 0.4) is 0 Å². The van der Waals surface area contributed by atoms with E-state index >= 15 is 0 Å². The number of amides is 4. The number of carbonyl (C=O) groups is 4. The third-order valence-corrected chi connectivity index (χ3v) is 7.50. The Bertz CT molecular complexity index is 2020. The molecule has 4 heterocycles. The van der Waals surface area contributed by atoms with Crippen LogP contribution in [0.2, 0.25) is 0 Å². The maximum Gasteiger partial charge on any atom is 0.427 e. The van der Waals surface area contributed by atoms with Gasteiger partial charge in [0.05, 0.1) is 24.4 Å². The second-order valence-corrected chi connectivity index (χ2v) is 14.1. The van der Waals surface area contributed by atoms with E-state index in [1.54, 1.807) is 97.4 Å². The fourth-order valence-corrected chi connectivity index (χ4v) is 5.21. The van der Waals surface area contributed by atoms with Gasteiger partial charge in [0.1, 0.15) is 28.6 Å². The van der Waals surface area contributed by atoms with Crippen LogP contribution >= 0.6 is 0 Å². The second-order valence-electron chi connectivity index (χ2n) is 14.1. The summed E-state index contributed by atoms with van der Waals surface area (Å²) in [6, 6.07) is 12.2. The second kappa shape index (κ2) is 15.5. The minimum Gasteiger partial charge on any atom is -0.492 e. The normalized spacial score (nSPS) is 12.2. The Balaban J connectivity index is 1.29. The molecule has 0 saturated carbocycles. The van der Waals surface area contributed by atoms with Crippen LogP contribution in [0, 0.1) is 0 Å². The van der Waals surface area contributed by atoms with E-state index in [4.69, 9.17) is 14.2 Å². The third kappa shape index (κ3) is 9.72. The lowest BCUT2D eigenvalue weighted by Gasteiger charge is -2.25. The zero-order valence-electron chi connectivity index (χ0n) is 30.6. The quantitative estimate of drug-likeness (QED) is 0.169. The molecule has 0 atom stereocenters. The molecule has 16 nitrogen and oxygen atoms in total. The lowest BCUT2D eigenvalue weighted by molar-refractivity contribution is 0.0285. The van der Waals surface area contributed by atoms with Crippen LogP contribution in [0.1, 0.15) is 68.6 Å². The molecule has 5 rings (SSSR count).